The van der Waals surface area contributed by atoms with Crippen LogP contribution < -0.4 is 0 Å². The normalized spacial score (nSPS) is 21.4. The van der Waals surface area contributed by atoms with Gasteiger partial charge in [0, 0.05) is 6.42 Å². The first kappa shape index (κ1) is 19.3. The van der Waals surface area contributed by atoms with Gasteiger partial charge in [-0.3, -0.25) is 0 Å². The number of aliphatic hydroxyl groups is 3. The first-order valence-electron chi connectivity index (χ1n) is 9.01. The summed E-state index contributed by atoms with van der Waals surface area (Å²) in [5.74, 6) is 0. The Hall–Kier alpha value is -2.50. The molecule has 0 aliphatic carbocycles. The maximum atomic E-state index is 8.91. The lowest BCUT2D eigenvalue weighted by molar-refractivity contribution is -0.107. The summed E-state index contributed by atoms with van der Waals surface area (Å²) in [6.07, 6.45) is -2.02. The Bertz CT molecular complexity index is 762. The van der Waals surface area contributed by atoms with Gasteiger partial charge in [-0.15, -0.1) is 0 Å². The molecule has 4 rings (SSSR count). The molecule has 0 bridgehead atoms. The second-order valence-electron chi connectivity index (χ2n) is 6.39. The van der Waals surface area contributed by atoms with E-state index in [1.54, 1.807) is 0 Å². The molecular formula is C23H24O4. The highest BCUT2D eigenvalue weighted by molar-refractivity contribution is 5.83. The standard InChI is InChI=1S/C18H14.C5H10O4/c1-3-9-15(10-4-1)17-13-7-8-14-18(17)16-11-5-2-6-12-16;6-2-4-3(7)1-5(8)9-4/h1-14H;3-8H,1-2H2/t;3-,4+,5?/m.0/s1. The van der Waals surface area contributed by atoms with Crippen molar-refractivity contribution in [2.24, 2.45) is 0 Å². The highest BCUT2D eigenvalue weighted by Gasteiger charge is 2.31. The Morgan fingerprint density at radius 3 is 1.48 bits per heavy atom. The van der Waals surface area contributed by atoms with Crippen LogP contribution in [0.4, 0.5) is 0 Å². The van der Waals surface area contributed by atoms with Crippen molar-refractivity contribution in [3.8, 4) is 22.3 Å². The quantitative estimate of drug-likeness (QED) is 0.666. The molecule has 0 aromatic heterocycles. The number of hydrogen-bond acceptors (Lipinski definition) is 4. The molecule has 0 radical (unpaired) electrons. The fraction of sp³-hybridized carbons (Fsp3) is 0.217. The average molecular weight is 364 g/mol. The monoisotopic (exact) mass is 364 g/mol. The Morgan fingerprint density at radius 2 is 1.15 bits per heavy atom. The zero-order valence-corrected chi connectivity index (χ0v) is 15.0. The van der Waals surface area contributed by atoms with Crippen LogP contribution in [-0.2, 0) is 4.74 Å². The predicted octanol–water partition coefficient (Wildman–Crippen LogP) is 3.47. The van der Waals surface area contributed by atoms with Crippen LogP contribution in [0.2, 0.25) is 0 Å². The van der Waals surface area contributed by atoms with Crippen LogP contribution in [0.3, 0.4) is 0 Å². The van der Waals surface area contributed by atoms with Crippen LogP contribution in [0.1, 0.15) is 6.42 Å². The predicted molar refractivity (Wildman–Crippen MR) is 106 cm³/mol. The maximum absolute atomic E-state index is 8.91. The number of benzene rings is 3. The van der Waals surface area contributed by atoms with E-state index in [1.165, 1.54) is 22.3 Å². The fourth-order valence-corrected chi connectivity index (χ4v) is 3.09. The molecule has 27 heavy (non-hydrogen) atoms. The van der Waals surface area contributed by atoms with Crippen molar-refractivity contribution in [1.29, 1.82) is 0 Å². The van der Waals surface area contributed by atoms with E-state index in [2.05, 4.69) is 89.7 Å². The number of rotatable bonds is 3. The largest absolute Gasteiger partial charge is 0.394 e. The fourth-order valence-electron chi connectivity index (χ4n) is 3.09. The summed E-state index contributed by atoms with van der Waals surface area (Å²) < 4.78 is 4.68. The van der Waals surface area contributed by atoms with Crippen LogP contribution in [-0.4, -0.2) is 40.4 Å². The van der Waals surface area contributed by atoms with Gasteiger partial charge in [0.2, 0.25) is 0 Å². The summed E-state index contributed by atoms with van der Waals surface area (Å²) in [5.41, 5.74) is 5.09. The molecule has 140 valence electrons. The number of hydrogen-bond donors (Lipinski definition) is 3. The zero-order valence-electron chi connectivity index (χ0n) is 15.0. The van der Waals surface area contributed by atoms with Gasteiger partial charge in [-0.1, -0.05) is 84.9 Å². The first-order valence-corrected chi connectivity index (χ1v) is 9.01. The molecule has 3 aromatic carbocycles. The molecule has 3 aromatic rings. The van der Waals surface area contributed by atoms with Crippen molar-refractivity contribution in [3.63, 3.8) is 0 Å². The van der Waals surface area contributed by atoms with Gasteiger partial charge < -0.3 is 20.1 Å². The molecule has 0 saturated carbocycles. The summed E-state index contributed by atoms with van der Waals surface area (Å²) >= 11 is 0. The molecule has 3 N–H and O–H groups in total. The SMILES string of the molecule is OC[C@H]1OC(O)C[C@@H]1O.c1ccc(-c2ccccc2-c2ccccc2)cc1. The van der Waals surface area contributed by atoms with Crippen LogP contribution in [0.15, 0.2) is 84.9 Å². The average Bonchev–Trinajstić information content (AvgIpc) is 3.07. The van der Waals surface area contributed by atoms with Crippen molar-refractivity contribution in [2.75, 3.05) is 6.61 Å². The Labute approximate surface area is 159 Å². The van der Waals surface area contributed by atoms with E-state index >= 15 is 0 Å². The van der Waals surface area contributed by atoms with E-state index in [-0.39, 0.29) is 13.0 Å². The van der Waals surface area contributed by atoms with Gasteiger partial charge in [0.1, 0.15) is 6.10 Å². The summed E-state index contributed by atoms with van der Waals surface area (Å²) in [7, 11) is 0. The van der Waals surface area contributed by atoms with Crippen LogP contribution in [0.5, 0.6) is 0 Å². The molecule has 0 spiro atoms. The summed E-state index contributed by atoms with van der Waals surface area (Å²) in [6.45, 7) is -0.238. The number of aliphatic hydroxyl groups excluding tert-OH is 3. The molecular weight excluding hydrogens is 340 g/mol. The van der Waals surface area contributed by atoms with E-state index in [9.17, 15) is 0 Å². The lowest BCUT2D eigenvalue weighted by Crippen LogP contribution is -2.24. The Balaban J connectivity index is 0.000000197. The van der Waals surface area contributed by atoms with Gasteiger partial charge in [0.15, 0.2) is 6.29 Å². The molecule has 1 heterocycles. The highest BCUT2D eigenvalue weighted by atomic mass is 16.6. The second kappa shape index (κ2) is 9.44. The van der Waals surface area contributed by atoms with E-state index in [4.69, 9.17) is 15.3 Å². The molecule has 1 saturated heterocycles. The number of ether oxygens (including phenoxy) is 1. The van der Waals surface area contributed by atoms with Crippen LogP contribution in [0, 0.1) is 0 Å². The molecule has 0 amide bonds. The minimum Gasteiger partial charge on any atom is -0.394 e. The lowest BCUT2D eigenvalue weighted by atomic mass is 9.95. The summed E-state index contributed by atoms with van der Waals surface area (Å²) in [5, 5.41) is 26.1. The lowest BCUT2D eigenvalue weighted by Gasteiger charge is -2.09. The summed E-state index contributed by atoms with van der Waals surface area (Å²) in [4.78, 5) is 0. The van der Waals surface area contributed by atoms with Gasteiger partial charge >= 0.3 is 0 Å². The van der Waals surface area contributed by atoms with Gasteiger partial charge in [-0.25, -0.2) is 0 Å². The Kier molecular flexibility index (Phi) is 6.74. The minimum atomic E-state index is -0.905. The van der Waals surface area contributed by atoms with E-state index in [0.29, 0.717) is 0 Å². The van der Waals surface area contributed by atoms with Crippen LogP contribution in [0.25, 0.3) is 22.3 Å². The smallest absolute Gasteiger partial charge is 0.157 e. The van der Waals surface area contributed by atoms with E-state index < -0.39 is 18.5 Å². The van der Waals surface area contributed by atoms with Crippen molar-refractivity contribution in [3.05, 3.63) is 84.9 Å². The molecule has 4 nitrogen and oxygen atoms in total. The summed E-state index contributed by atoms with van der Waals surface area (Å²) in [6, 6.07) is 29.6. The maximum Gasteiger partial charge on any atom is 0.157 e. The minimum absolute atomic E-state index is 0.200. The van der Waals surface area contributed by atoms with Crippen molar-refractivity contribution < 1.29 is 20.1 Å². The van der Waals surface area contributed by atoms with Gasteiger partial charge in [-0.2, -0.15) is 0 Å². The topological polar surface area (TPSA) is 69.9 Å². The van der Waals surface area contributed by atoms with Crippen LogP contribution >= 0.6 is 0 Å². The molecule has 1 aliphatic heterocycles. The van der Waals surface area contributed by atoms with Gasteiger partial charge in [-0.05, 0) is 22.3 Å². The van der Waals surface area contributed by atoms with Crippen molar-refractivity contribution >= 4 is 0 Å². The van der Waals surface area contributed by atoms with Gasteiger partial charge in [0.05, 0.1) is 12.7 Å². The molecule has 1 aliphatic rings. The second-order valence-corrected chi connectivity index (χ2v) is 6.39. The zero-order chi connectivity index (χ0) is 19.1. The first-order chi connectivity index (χ1) is 13.2. The third-order valence-corrected chi connectivity index (χ3v) is 4.48. The van der Waals surface area contributed by atoms with Crippen molar-refractivity contribution in [2.45, 2.75) is 24.9 Å². The van der Waals surface area contributed by atoms with Gasteiger partial charge in [0.25, 0.3) is 0 Å². The molecule has 1 fully saturated rings. The van der Waals surface area contributed by atoms with Crippen molar-refractivity contribution in [1.82, 2.24) is 0 Å². The third-order valence-electron chi connectivity index (χ3n) is 4.48. The van der Waals surface area contributed by atoms with E-state index in [1.807, 2.05) is 0 Å². The van der Waals surface area contributed by atoms with E-state index in [0.717, 1.165) is 0 Å². The Morgan fingerprint density at radius 1 is 0.704 bits per heavy atom. The third kappa shape index (κ3) is 5.02. The molecule has 1 unspecified atom stereocenters. The molecule has 4 heteroatoms. The molecule has 3 atom stereocenters. The highest BCUT2D eigenvalue weighted by Crippen LogP contribution is 2.31.